The molecular weight excluding hydrogens is 352 g/mol. The first-order valence-electron chi connectivity index (χ1n) is 10.2. The number of rotatable bonds is 5. The van der Waals surface area contributed by atoms with Gasteiger partial charge in [0.15, 0.2) is 0 Å². The van der Waals surface area contributed by atoms with Gasteiger partial charge in [-0.25, -0.2) is 4.98 Å². The Morgan fingerprint density at radius 3 is 2.68 bits per heavy atom. The van der Waals surface area contributed by atoms with Gasteiger partial charge in [0.05, 0.1) is 18.9 Å². The second-order valence-corrected chi connectivity index (χ2v) is 7.63. The molecule has 1 unspecified atom stereocenters. The third kappa shape index (κ3) is 4.75. The molecule has 0 aliphatic carbocycles. The average molecular weight is 380 g/mol. The maximum atomic E-state index is 12.5. The summed E-state index contributed by atoms with van der Waals surface area (Å²) in [6.45, 7) is 4.36. The van der Waals surface area contributed by atoms with Crippen molar-refractivity contribution in [1.82, 2.24) is 19.8 Å². The van der Waals surface area contributed by atoms with Gasteiger partial charge in [-0.3, -0.25) is 14.7 Å². The van der Waals surface area contributed by atoms with E-state index >= 15 is 0 Å². The summed E-state index contributed by atoms with van der Waals surface area (Å²) < 4.78 is 6.02. The van der Waals surface area contributed by atoms with Crippen LogP contribution in [0.4, 0.5) is 0 Å². The van der Waals surface area contributed by atoms with E-state index in [1.807, 2.05) is 4.90 Å². The molecule has 1 aromatic heterocycles. The molecule has 2 aliphatic heterocycles. The van der Waals surface area contributed by atoms with Gasteiger partial charge in [0.25, 0.3) is 5.91 Å². The van der Waals surface area contributed by atoms with Crippen LogP contribution < -0.4 is 0 Å². The van der Waals surface area contributed by atoms with Crippen LogP contribution in [0.5, 0.6) is 0 Å². The fourth-order valence-corrected chi connectivity index (χ4v) is 4.23. The lowest BCUT2D eigenvalue weighted by molar-refractivity contribution is -0.0535. The Hall–Kier alpha value is -2.31. The number of morpholine rings is 1. The molecule has 6 nitrogen and oxygen atoms in total. The molecular formula is C22H28N4O2. The molecule has 0 radical (unpaired) electrons. The van der Waals surface area contributed by atoms with Crippen molar-refractivity contribution in [3.63, 3.8) is 0 Å². The summed E-state index contributed by atoms with van der Waals surface area (Å²) in [4.78, 5) is 25.2. The van der Waals surface area contributed by atoms with Crippen LogP contribution in [0.2, 0.25) is 0 Å². The molecule has 6 heteroatoms. The standard InChI is InChI=1S/C22H28N4O2/c27-22(21-16-23-10-11-24-21)25-12-8-19(9-13-25)26-14-15-28-20(17-26)7-6-18-4-2-1-3-5-18/h1-5,10-11,16,19-20H,6-9,12-15,17H2. The van der Waals surface area contributed by atoms with E-state index in [9.17, 15) is 4.79 Å². The smallest absolute Gasteiger partial charge is 0.274 e. The molecule has 0 N–H and O–H groups in total. The van der Waals surface area contributed by atoms with Gasteiger partial charge in [-0.1, -0.05) is 30.3 Å². The highest BCUT2D eigenvalue weighted by molar-refractivity contribution is 5.92. The minimum atomic E-state index is -0.00531. The van der Waals surface area contributed by atoms with Crippen molar-refractivity contribution >= 4 is 5.91 Å². The van der Waals surface area contributed by atoms with Crippen LogP contribution in [0.15, 0.2) is 48.9 Å². The number of hydrogen-bond donors (Lipinski definition) is 0. The van der Waals surface area contributed by atoms with E-state index in [-0.39, 0.29) is 5.91 Å². The number of ether oxygens (including phenoxy) is 1. The Kier molecular flexibility index (Phi) is 6.29. The van der Waals surface area contributed by atoms with Crippen molar-refractivity contribution in [1.29, 1.82) is 0 Å². The molecule has 2 fully saturated rings. The second-order valence-electron chi connectivity index (χ2n) is 7.63. The van der Waals surface area contributed by atoms with Crippen LogP contribution in [0.25, 0.3) is 0 Å². The number of carbonyl (C=O) groups excluding carboxylic acids is 1. The Balaban J connectivity index is 1.25. The zero-order valence-electron chi connectivity index (χ0n) is 16.2. The molecule has 1 atom stereocenters. The van der Waals surface area contributed by atoms with Gasteiger partial charge in [0, 0.05) is 44.6 Å². The molecule has 0 spiro atoms. The van der Waals surface area contributed by atoms with Crippen molar-refractivity contribution in [2.24, 2.45) is 0 Å². The summed E-state index contributed by atoms with van der Waals surface area (Å²) in [5, 5.41) is 0. The number of aryl methyl sites for hydroxylation is 1. The van der Waals surface area contributed by atoms with Crippen molar-refractivity contribution in [3.05, 3.63) is 60.2 Å². The molecule has 3 heterocycles. The highest BCUT2D eigenvalue weighted by Gasteiger charge is 2.31. The predicted molar refractivity (Wildman–Crippen MR) is 107 cm³/mol. The minimum absolute atomic E-state index is 0.00531. The molecule has 0 bridgehead atoms. The van der Waals surface area contributed by atoms with E-state index < -0.39 is 0 Å². The number of carbonyl (C=O) groups is 1. The summed E-state index contributed by atoms with van der Waals surface area (Å²) in [5.41, 5.74) is 1.81. The zero-order chi connectivity index (χ0) is 19.2. The molecule has 1 aromatic carbocycles. The van der Waals surface area contributed by atoms with Crippen molar-refractivity contribution in [2.75, 3.05) is 32.8 Å². The van der Waals surface area contributed by atoms with Crippen LogP contribution in [-0.4, -0.2) is 70.6 Å². The Labute approximate surface area is 166 Å². The number of aromatic nitrogens is 2. The quantitative estimate of drug-likeness (QED) is 0.797. The fraction of sp³-hybridized carbons (Fsp3) is 0.500. The average Bonchev–Trinajstić information content (AvgIpc) is 2.79. The Morgan fingerprint density at radius 2 is 1.93 bits per heavy atom. The van der Waals surface area contributed by atoms with E-state index in [1.54, 1.807) is 18.6 Å². The van der Waals surface area contributed by atoms with Gasteiger partial charge < -0.3 is 9.64 Å². The van der Waals surface area contributed by atoms with Crippen LogP contribution in [0.3, 0.4) is 0 Å². The summed E-state index contributed by atoms with van der Waals surface area (Å²) >= 11 is 0. The molecule has 2 saturated heterocycles. The first-order valence-corrected chi connectivity index (χ1v) is 10.2. The summed E-state index contributed by atoms with van der Waals surface area (Å²) in [5.74, 6) is -0.00531. The largest absolute Gasteiger partial charge is 0.376 e. The number of amides is 1. The van der Waals surface area contributed by atoms with E-state index in [4.69, 9.17) is 4.74 Å². The number of nitrogens with zero attached hydrogens (tertiary/aromatic N) is 4. The number of benzene rings is 1. The second kappa shape index (κ2) is 9.26. The zero-order valence-corrected chi connectivity index (χ0v) is 16.2. The van der Waals surface area contributed by atoms with Crippen LogP contribution in [-0.2, 0) is 11.2 Å². The van der Waals surface area contributed by atoms with Gasteiger partial charge in [-0.15, -0.1) is 0 Å². The topological polar surface area (TPSA) is 58.6 Å². The van der Waals surface area contributed by atoms with E-state index in [2.05, 4.69) is 45.2 Å². The predicted octanol–water partition coefficient (Wildman–Crippen LogP) is 2.41. The van der Waals surface area contributed by atoms with E-state index in [1.165, 1.54) is 5.56 Å². The molecule has 2 aliphatic rings. The SMILES string of the molecule is O=C(c1cnccn1)N1CCC(N2CCOC(CCc3ccccc3)C2)CC1. The highest BCUT2D eigenvalue weighted by atomic mass is 16.5. The maximum Gasteiger partial charge on any atom is 0.274 e. The molecule has 4 rings (SSSR count). The lowest BCUT2D eigenvalue weighted by atomic mass is 10.00. The van der Waals surface area contributed by atoms with E-state index in [0.29, 0.717) is 17.8 Å². The van der Waals surface area contributed by atoms with Gasteiger partial charge in [-0.05, 0) is 31.2 Å². The van der Waals surface area contributed by atoms with Gasteiger partial charge in [0.1, 0.15) is 5.69 Å². The lowest BCUT2D eigenvalue weighted by Gasteiger charge is -2.42. The molecule has 2 aromatic rings. The highest BCUT2D eigenvalue weighted by Crippen LogP contribution is 2.22. The van der Waals surface area contributed by atoms with Gasteiger partial charge in [-0.2, -0.15) is 0 Å². The fourth-order valence-electron chi connectivity index (χ4n) is 4.23. The first kappa shape index (κ1) is 19.0. The third-order valence-electron chi connectivity index (χ3n) is 5.82. The Bertz CT molecular complexity index is 748. The summed E-state index contributed by atoms with van der Waals surface area (Å²) in [7, 11) is 0. The molecule has 28 heavy (non-hydrogen) atoms. The minimum Gasteiger partial charge on any atom is -0.376 e. The van der Waals surface area contributed by atoms with Crippen molar-refractivity contribution < 1.29 is 9.53 Å². The lowest BCUT2D eigenvalue weighted by Crippen LogP contribution is -2.52. The third-order valence-corrected chi connectivity index (χ3v) is 5.82. The van der Waals surface area contributed by atoms with Crippen LogP contribution >= 0.6 is 0 Å². The summed E-state index contributed by atoms with van der Waals surface area (Å²) in [6.07, 6.45) is 9.16. The van der Waals surface area contributed by atoms with Crippen molar-refractivity contribution in [2.45, 2.75) is 37.8 Å². The molecule has 0 saturated carbocycles. The van der Waals surface area contributed by atoms with Gasteiger partial charge in [0.2, 0.25) is 0 Å². The maximum absolute atomic E-state index is 12.5. The summed E-state index contributed by atoms with van der Waals surface area (Å²) in [6, 6.07) is 11.2. The van der Waals surface area contributed by atoms with Crippen LogP contribution in [0.1, 0.15) is 35.3 Å². The normalized spacial score (nSPS) is 21.6. The van der Waals surface area contributed by atoms with E-state index in [0.717, 1.165) is 58.5 Å². The number of likely N-dealkylation sites (tertiary alicyclic amines) is 1. The number of piperidine rings is 1. The monoisotopic (exact) mass is 380 g/mol. The Morgan fingerprint density at radius 1 is 1.11 bits per heavy atom. The van der Waals surface area contributed by atoms with Crippen LogP contribution in [0, 0.1) is 0 Å². The molecule has 148 valence electrons. The molecule has 1 amide bonds. The van der Waals surface area contributed by atoms with Gasteiger partial charge >= 0.3 is 0 Å². The number of hydrogen-bond acceptors (Lipinski definition) is 5. The van der Waals surface area contributed by atoms with Crippen molar-refractivity contribution in [3.8, 4) is 0 Å². The first-order chi connectivity index (χ1) is 13.8.